The van der Waals surface area contributed by atoms with Gasteiger partial charge in [0.2, 0.25) is 11.7 Å². The highest BCUT2D eigenvalue weighted by atomic mass is 16.6. The number of nitrogens with one attached hydrogen (secondary N) is 1. The predicted molar refractivity (Wildman–Crippen MR) is 172 cm³/mol. The summed E-state index contributed by atoms with van der Waals surface area (Å²) in [4.78, 5) is 76.4. The molecule has 2 N–H and O–H groups in total. The largest absolute Gasteiger partial charge is 0.508 e. The van der Waals surface area contributed by atoms with Crippen LogP contribution in [0.1, 0.15) is 90.5 Å². The van der Waals surface area contributed by atoms with Gasteiger partial charge < -0.3 is 24.6 Å². The van der Waals surface area contributed by atoms with E-state index in [1.165, 1.54) is 31.7 Å². The molecule has 0 heterocycles. The van der Waals surface area contributed by atoms with E-state index in [9.17, 15) is 33.9 Å². The summed E-state index contributed by atoms with van der Waals surface area (Å²) in [5, 5.41) is 12.1. The Morgan fingerprint density at radius 2 is 1.67 bits per heavy atom. The van der Waals surface area contributed by atoms with Crippen LogP contribution in [0.4, 0.5) is 0 Å². The number of phenols is 1. The molecule has 3 fully saturated rings. The fourth-order valence-electron chi connectivity index (χ4n) is 9.51. The van der Waals surface area contributed by atoms with Crippen LogP contribution in [0.5, 0.6) is 5.75 Å². The first kappa shape index (κ1) is 35.3. The van der Waals surface area contributed by atoms with Gasteiger partial charge in [-0.3, -0.25) is 24.0 Å². The molecule has 0 bridgehead atoms. The normalized spacial score (nSPS) is 31.2. The number of amides is 1. The lowest BCUT2D eigenvalue weighted by molar-refractivity contribution is -0.191. The molecular weight excluding hydrogens is 618 g/mol. The van der Waals surface area contributed by atoms with Gasteiger partial charge in [0.15, 0.2) is 18.0 Å². The van der Waals surface area contributed by atoms with Crippen molar-refractivity contribution >= 4 is 35.4 Å². The van der Waals surface area contributed by atoms with E-state index in [2.05, 4.69) is 12.2 Å². The van der Waals surface area contributed by atoms with Crippen LogP contribution in [-0.2, 0) is 49.4 Å². The van der Waals surface area contributed by atoms with Crippen LogP contribution in [0.25, 0.3) is 0 Å². The predicted octanol–water partition coefficient (Wildman–Crippen LogP) is 4.32. The molecule has 4 aliphatic carbocycles. The van der Waals surface area contributed by atoms with Crippen molar-refractivity contribution in [1.29, 1.82) is 0 Å². The summed E-state index contributed by atoms with van der Waals surface area (Å²) in [6.45, 7) is 5.04. The molecule has 1 aromatic rings. The molecule has 1 unspecified atom stereocenters. The molecule has 5 rings (SSSR count). The maximum atomic E-state index is 14.0. The quantitative estimate of drug-likeness (QED) is 0.257. The second-order valence-corrected chi connectivity index (χ2v) is 14.5. The molecule has 0 aliphatic heterocycles. The lowest BCUT2D eigenvalue weighted by atomic mass is 9.46. The second kappa shape index (κ2) is 13.8. The highest BCUT2D eigenvalue weighted by molar-refractivity contribution is 5.94. The molecule has 0 saturated heterocycles. The van der Waals surface area contributed by atoms with Crippen molar-refractivity contribution in [3.05, 3.63) is 41.5 Å². The number of phenolic OH excluding ortho intramolecular Hbond substituents is 1. The number of ether oxygens (including phenoxy) is 3. The van der Waals surface area contributed by atoms with E-state index < -0.39 is 53.3 Å². The number of hydrogen-bond donors (Lipinski definition) is 2. The number of carbonyl (C=O) groups excluding carboxylic acids is 6. The average Bonchev–Trinajstić information content (AvgIpc) is 3.35. The molecule has 4 aliphatic rings. The summed E-state index contributed by atoms with van der Waals surface area (Å²) in [7, 11) is 1.20. The number of aromatic hydroxyl groups is 1. The van der Waals surface area contributed by atoms with Gasteiger partial charge in [-0.15, -0.1) is 0 Å². The van der Waals surface area contributed by atoms with E-state index in [1.54, 1.807) is 12.1 Å². The van der Waals surface area contributed by atoms with Crippen LogP contribution in [0, 0.1) is 28.6 Å². The van der Waals surface area contributed by atoms with Crippen molar-refractivity contribution in [1.82, 2.24) is 5.32 Å². The van der Waals surface area contributed by atoms with Gasteiger partial charge in [0.05, 0.1) is 13.5 Å². The monoisotopic (exact) mass is 665 g/mol. The van der Waals surface area contributed by atoms with Gasteiger partial charge >= 0.3 is 17.9 Å². The van der Waals surface area contributed by atoms with Crippen molar-refractivity contribution in [3.8, 4) is 5.75 Å². The summed E-state index contributed by atoms with van der Waals surface area (Å²) in [6.07, 6.45) is 7.14. The number of Topliss-reactive ketones (excluding diaryl/α,β-unsaturated/α-hetero) is 1. The molecule has 0 spiro atoms. The third-order valence-electron chi connectivity index (χ3n) is 12.0. The van der Waals surface area contributed by atoms with Crippen LogP contribution < -0.4 is 5.32 Å². The zero-order valence-electron chi connectivity index (χ0n) is 28.3. The van der Waals surface area contributed by atoms with Crippen LogP contribution in [-0.4, -0.2) is 65.8 Å². The van der Waals surface area contributed by atoms with Gasteiger partial charge in [-0.05, 0) is 91.9 Å². The minimum absolute atomic E-state index is 0.0426. The summed E-state index contributed by atoms with van der Waals surface area (Å²) in [5.41, 5.74) is -0.162. The smallest absolute Gasteiger partial charge is 0.328 e. The molecule has 11 heteroatoms. The van der Waals surface area contributed by atoms with Crippen LogP contribution in [0.15, 0.2) is 35.9 Å². The lowest BCUT2D eigenvalue weighted by Gasteiger charge is -2.59. The van der Waals surface area contributed by atoms with E-state index in [0.717, 1.165) is 25.7 Å². The molecule has 1 amide bonds. The minimum atomic E-state index is -1.42. The summed E-state index contributed by atoms with van der Waals surface area (Å²) in [6, 6.07) is 5.17. The van der Waals surface area contributed by atoms with Gasteiger partial charge in [0.1, 0.15) is 11.8 Å². The standard InChI is InChI=1S/C37H47NO10/c1-22(39)48-37(18-15-29-27-10-7-24-20-26(41)13-16-35(24,2)28(27)14-17-36(29,37)3)31(42)21-47-33(44)12-11-32(43)38-30(34(45)46-4)19-23-5-8-25(40)9-6-23/h5-6,8-9,20,27-30,40H,7,10-19,21H2,1-4H3,(H,38,43)/t27-,28+,29+,30?,35+,36+,37+/m1/s1. The van der Waals surface area contributed by atoms with Crippen molar-refractivity contribution in [2.45, 2.75) is 103 Å². The first-order valence-corrected chi connectivity index (χ1v) is 17.0. The van der Waals surface area contributed by atoms with Crippen LogP contribution in [0.2, 0.25) is 0 Å². The minimum Gasteiger partial charge on any atom is -0.508 e. The third-order valence-corrected chi connectivity index (χ3v) is 12.0. The van der Waals surface area contributed by atoms with Gasteiger partial charge in [-0.1, -0.05) is 31.6 Å². The van der Waals surface area contributed by atoms with E-state index >= 15 is 0 Å². The number of esters is 3. The Hall–Kier alpha value is -4.02. The molecule has 0 radical (unpaired) electrons. The highest BCUT2D eigenvalue weighted by Gasteiger charge is 2.68. The number of carbonyl (C=O) groups is 6. The van der Waals surface area contributed by atoms with E-state index in [4.69, 9.17) is 14.2 Å². The Labute approximate surface area is 281 Å². The number of methoxy groups -OCH3 is 1. The van der Waals surface area contributed by atoms with E-state index in [1.807, 2.05) is 13.0 Å². The highest BCUT2D eigenvalue weighted by Crippen LogP contribution is 2.68. The number of ketones is 2. The topological polar surface area (TPSA) is 162 Å². The Morgan fingerprint density at radius 3 is 2.35 bits per heavy atom. The summed E-state index contributed by atoms with van der Waals surface area (Å²) >= 11 is 0. The summed E-state index contributed by atoms with van der Waals surface area (Å²) < 4.78 is 16.1. The van der Waals surface area contributed by atoms with Crippen molar-refractivity contribution < 1.29 is 48.1 Å². The Bertz CT molecular complexity index is 1500. The molecular formula is C37H47NO10. The maximum Gasteiger partial charge on any atom is 0.328 e. The van der Waals surface area contributed by atoms with E-state index in [0.29, 0.717) is 43.1 Å². The first-order valence-electron chi connectivity index (χ1n) is 17.0. The number of rotatable bonds is 11. The molecule has 260 valence electrons. The fourth-order valence-corrected chi connectivity index (χ4v) is 9.51. The van der Waals surface area contributed by atoms with Gasteiger partial charge in [-0.25, -0.2) is 4.79 Å². The van der Waals surface area contributed by atoms with Gasteiger partial charge in [0.25, 0.3) is 0 Å². The van der Waals surface area contributed by atoms with Crippen molar-refractivity contribution in [2.24, 2.45) is 28.6 Å². The van der Waals surface area contributed by atoms with Gasteiger partial charge in [0, 0.05) is 31.6 Å². The average molecular weight is 666 g/mol. The Morgan fingerprint density at radius 1 is 0.958 bits per heavy atom. The Balaban J connectivity index is 1.20. The zero-order valence-corrected chi connectivity index (χ0v) is 28.3. The molecule has 48 heavy (non-hydrogen) atoms. The van der Waals surface area contributed by atoms with Crippen LogP contribution >= 0.6 is 0 Å². The second-order valence-electron chi connectivity index (χ2n) is 14.5. The lowest BCUT2D eigenvalue weighted by Crippen LogP contribution is -2.59. The zero-order chi connectivity index (χ0) is 34.9. The molecule has 0 aromatic heterocycles. The number of fused-ring (bicyclic) bond motifs is 5. The molecule has 11 nitrogen and oxygen atoms in total. The van der Waals surface area contributed by atoms with Crippen LogP contribution in [0.3, 0.4) is 0 Å². The number of hydrogen-bond acceptors (Lipinski definition) is 10. The SMILES string of the molecule is COC(=O)C(Cc1ccc(O)cc1)NC(=O)CCC(=O)OCC(=O)[C@@]1(OC(C)=O)CC[C@H]2[C@@H]3CCC4=CC(=O)CC[C@]4(C)[C@H]3CC[C@@]21C. The fraction of sp³-hybridized carbons (Fsp3) is 0.622. The van der Waals surface area contributed by atoms with Crippen molar-refractivity contribution in [3.63, 3.8) is 0 Å². The Kier molecular flexibility index (Phi) is 10.2. The van der Waals surface area contributed by atoms with E-state index in [-0.39, 0.29) is 42.1 Å². The first-order chi connectivity index (χ1) is 22.7. The number of allylic oxidation sites excluding steroid dienone is 1. The molecule has 3 saturated carbocycles. The van der Waals surface area contributed by atoms with Crippen molar-refractivity contribution in [2.75, 3.05) is 13.7 Å². The molecule has 1 aromatic carbocycles. The maximum absolute atomic E-state index is 14.0. The summed E-state index contributed by atoms with van der Waals surface area (Å²) in [5.74, 6) is -1.90. The van der Waals surface area contributed by atoms with Gasteiger partial charge in [-0.2, -0.15) is 0 Å². The number of benzene rings is 1. The molecule has 7 atom stereocenters. The third kappa shape index (κ3) is 6.65.